The Morgan fingerprint density at radius 3 is 2.79 bits per heavy atom. The molecule has 1 spiro atoms. The van der Waals surface area contributed by atoms with E-state index < -0.39 is 5.97 Å². The smallest absolute Gasteiger partial charge is 0.347 e. The molecule has 0 unspecified atom stereocenters. The molecule has 1 fully saturated rings. The zero-order chi connectivity index (χ0) is 16.9. The highest BCUT2D eigenvalue weighted by molar-refractivity contribution is 7.17. The summed E-state index contributed by atoms with van der Waals surface area (Å²) in [5.41, 5.74) is 2.71. The van der Waals surface area contributed by atoms with Crippen LogP contribution in [0.3, 0.4) is 0 Å². The molecule has 1 N–H and O–H groups in total. The number of benzene rings is 1. The average Bonchev–Trinajstić information content (AvgIpc) is 3.25. The minimum absolute atomic E-state index is 0.141. The Labute approximate surface area is 143 Å². The topological polar surface area (TPSA) is 83.2 Å². The fourth-order valence-corrected chi connectivity index (χ4v) is 4.66. The van der Waals surface area contributed by atoms with Crippen molar-refractivity contribution >= 4 is 17.3 Å². The first-order valence-corrected chi connectivity index (χ1v) is 8.80. The van der Waals surface area contributed by atoms with Crippen LogP contribution in [-0.4, -0.2) is 21.7 Å². The van der Waals surface area contributed by atoms with Crippen molar-refractivity contribution in [1.82, 2.24) is 4.98 Å². The van der Waals surface area contributed by atoms with E-state index in [1.807, 2.05) is 6.07 Å². The third kappa shape index (κ3) is 2.28. The maximum atomic E-state index is 11.2. The summed E-state index contributed by atoms with van der Waals surface area (Å²) < 4.78 is 6.20. The van der Waals surface area contributed by atoms with E-state index in [0.29, 0.717) is 22.0 Å². The van der Waals surface area contributed by atoms with Crippen LogP contribution in [0, 0.1) is 18.3 Å². The van der Waals surface area contributed by atoms with Crippen LogP contribution in [0.1, 0.15) is 52.2 Å². The number of hydrogen-bond acceptors (Lipinski definition) is 5. The Balaban J connectivity index is 1.79. The van der Waals surface area contributed by atoms with E-state index >= 15 is 0 Å². The monoisotopic (exact) mass is 340 g/mol. The van der Waals surface area contributed by atoms with Gasteiger partial charge in [-0.25, -0.2) is 9.78 Å². The first kappa shape index (κ1) is 15.2. The van der Waals surface area contributed by atoms with Gasteiger partial charge in [0.05, 0.1) is 11.3 Å². The fourth-order valence-electron chi connectivity index (χ4n) is 3.76. The van der Waals surface area contributed by atoms with E-state index in [9.17, 15) is 15.2 Å². The second-order valence-electron chi connectivity index (χ2n) is 6.53. The molecule has 1 aromatic carbocycles. The summed E-state index contributed by atoms with van der Waals surface area (Å²) in [4.78, 5) is 15.9. The molecule has 0 atom stereocenters. The van der Waals surface area contributed by atoms with Gasteiger partial charge in [-0.1, -0.05) is 0 Å². The number of carboxylic acid groups (broad SMARTS) is 1. The number of nitriles is 1. The van der Waals surface area contributed by atoms with Crippen molar-refractivity contribution in [3.05, 3.63) is 33.8 Å². The van der Waals surface area contributed by atoms with Gasteiger partial charge in [0, 0.05) is 17.5 Å². The van der Waals surface area contributed by atoms with Gasteiger partial charge in [-0.15, -0.1) is 11.3 Å². The van der Waals surface area contributed by atoms with Gasteiger partial charge in [0.25, 0.3) is 0 Å². The number of fused-ring (bicyclic) bond motifs is 1. The highest BCUT2D eigenvalue weighted by Gasteiger charge is 2.43. The number of carbonyl (C=O) groups is 1. The second-order valence-corrected chi connectivity index (χ2v) is 7.53. The van der Waals surface area contributed by atoms with Crippen molar-refractivity contribution in [3.63, 3.8) is 0 Å². The summed E-state index contributed by atoms with van der Waals surface area (Å²) in [7, 11) is 0. The summed E-state index contributed by atoms with van der Waals surface area (Å²) in [5.74, 6) is -0.263. The number of nitrogens with zero attached hydrogens (tertiary/aromatic N) is 2. The number of rotatable bonds is 2. The second kappa shape index (κ2) is 5.32. The van der Waals surface area contributed by atoms with E-state index in [-0.39, 0.29) is 10.5 Å². The molecular weight excluding hydrogens is 324 g/mol. The fraction of sp³-hybridized carbons (Fsp3) is 0.389. The molecule has 122 valence electrons. The normalized spacial score (nSPS) is 17.5. The molecule has 1 aromatic heterocycles. The molecule has 2 heterocycles. The number of ether oxygens (including phenoxy) is 1. The van der Waals surface area contributed by atoms with E-state index in [0.717, 1.165) is 54.6 Å². The molecule has 4 rings (SSSR count). The standard InChI is InChI=1S/C18H16N2O3S/c1-10-15(17(21)22)24-16(20-10)11-6-12-8-18(4-2-3-5-18)23-14(12)13(7-11)9-19/h6-7H,2-5,8H2,1H3,(H,21,22). The maximum absolute atomic E-state index is 11.2. The predicted octanol–water partition coefficient (Wildman–Crippen LogP) is 3.94. The molecule has 6 heteroatoms. The predicted molar refractivity (Wildman–Crippen MR) is 89.5 cm³/mol. The third-order valence-electron chi connectivity index (χ3n) is 4.87. The van der Waals surface area contributed by atoms with Crippen molar-refractivity contribution in [1.29, 1.82) is 5.26 Å². The number of aromatic nitrogens is 1. The average molecular weight is 340 g/mol. The Bertz CT molecular complexity index is 888. The lowest BCUT2D eigenvalue weighted by atomic mass is 9.94. The van der Waals surface area contributed by atoms with Gasteiger partial charge in [-0.05, 0) is 44.7 Å². The largest absolute Gasteiger partial charge is 0.485 e. The van der Waals surface area contributed by atoms with Crippen LogP contribution in [-0.2, 0) is 6.42 Å². The minimum atomic E-state index is -0.967. The van der Waals surface area contributed by atoms with Crippen molar-refractivity contribution in [2.75, 3.05) is 0 Å². The number of aryl methyl sites for hydroxylation is 1. The molecule has 1 aliphatic carbocycles. The molecule has 0 amide bonds. The summed E-state index contributed by atoms with van der Waals surface area (Å²) in [6.07, 6.45) is 5.20. The van der Waals surface area contributed by atoms with Gasteiger partial charge in [0.2, 0.25) is 0 Å². The highest BCUT2D eigenvalue weighted by atomic mass is 32.1. The van der Waals surface area contributed by atoms with E-state index in [2.05, 4.69) is 11.1 Å². The quantitative estimate of drug-likeness (QED) is 0.895. The first-order valence-electron chi connectivity index (χ1n) is 7.98. The lowest BCUT2D eigenvalue weighted by molar-refractivity contribution is 0.0701. The molecule has 0 radical (unpaired) electrons. The molecule has 0 saturated heterocycles. The molecule has 1 aliphatic heterocycles. The SMILES string of the molecule is Cc1nc(-c2cc(C#N)c3c(c2)CC2(CCCC2)O3)sc1C(=O)O. The Morgan fingerprint density at radius 2 is 2.17 bits per heavy atom. The van der Waals surface area contributed by atoms with Gasteiger partial charge in [-0.3, -0.25) is 0 Å². The summed E-state index contributed by atoms with van der Waals surface area (Å²) in [6, 6.07) is 5.99. The molecule has 2 aliphatic rings. The van der Waals surface area contributed by atoms with Gasteiger partial charge in [0.15, 0.2) is 0 Å². The minimum Gasteiger partial charge on any atom is -0.485 e. The van der Waals surface area contributed by atoms with Crippen LogP contribution in [0.4, 0.5) is 0 Å². The number of aromatic carboxylic acids is 1. The molecule has 0 bridgehead atoms. The van der Waals surface area contributed by atoms with Crippen LogP contribution in [0.25, 0.3) is 10.6 Å². The van der Waals surface area contributed by atoms with Gasteiger partial charge in [0.1, 0.15) is 27.3 Å². The van der Waals surface area contributed by atoms with Crippen LogP contribution >= 0.6 is 11.3 Å². The zero-order valence-electron chi connectivity index (χ0n) is 13.3. The molecule has 2 aromatic rings. The Hall–Kier alpha value is -2.39. The molecule has 5 nitrogen and oxygen atoms in total. The van der Waals surface area contributed by atoms with Crippen molar-refractivity contribution in [3.8, 4) is 22.4 Å². The van der Waals surface area contributed by atoms with E-state index in [1.54, 1.807) is 13.0 Å². The Kier molecular flexibility index (Phi) is 3.36. The Morgan fingerprint density at radius 1 is 1.42 bits per heavy atom. The van der Waals surface area contributed by atoms with E-state index in [4.69, 9.17) is 4.74 Å². The van der Waals surface area contributed by atoms with Crippen molar-refractivity contribution in [2.24, 2.45) is 0 Å². The number of thiazole rings is 1. The lowest BCUT2D eigenvalue weighted by Gasteiger charge is -2.22. The van der Waals surface area contributed by atoms with Crippen molar-refractivity contribution < 1.29 is 14.6 Å². The summed E-state index contributed by atoms with van der Waals surface area (Å²) in [5, 5.41) is 19.4. The third-order valence-corrected chi connectivity index (χ3v) is 6.06. The zero-order valence-corrected chi connectivity index (χ0v) is 14.1. The summed E-state index contributed by atoms with van der Waals surface area (Å²) >= 11 is 1.15. The number of carboxylic acids is 1. The van der Waals surface area contributed by atoms with Gasteiger partial charge >= 0.3 is 5.97 Å². The van der Waals surface area contributed by atoms with Gasteiger partial charge < -0.3 is 9.84 Å². The van der Waals surface area contributed by atoms with Crippen molar-refractivity contribution in [2.45, 2.75) is 44.6 Å². The van der Waals surface area contributed by atoms with E-state index in [1.165, 1.54) is 0 Å². The van der Waals surface area contributed by atoms with Crippen LogP contribution < -0.4 is 4.74 Å². The first-order chi connectivity index (χ1) is 11.5. The molecule has 1 saturated carbocycles. The maximum Gasteiger partial charge on any atom is 0.347 e. The molecular formula is C18H16N2O3S. The lowest BCUT2D eigenvalue weighted by Crippen LogP contribution is -2.30. The van der Waals surface area contributed by atoms with Gasteiger partial charge in [-0.2, -0.15) is 5.26 Å². The van der Waals surface area contributed by atoms with Crippen LogP contribution in [0.2, 0.25) is 0 Å². The van der Waals surface area contributed by atoms with Crippen LogP contribution in [0.5, 0.6) is 5.75 Å². The summed E-state index contributed by atoms with van der Waals surface area (Å²) in [6.45, 7) is 1.69. The van der Waals surface area contributed by atoms with Crippen LogP contribution in [0.15, 0.2) is 12.1 Å². The number of hydrogen-bond donors (Lipinski definition) is 1. The molecule has 24 heavy (non-hydrogen) atoms. The highest BCUT2D eigenvalue weighted by Crippen LogP contribution is 2.47.